The van der Waals surface area contributed by atoms with Gasteiger partial charge in [-0.2, -0.15) is 0 Å². The summed E-state index contributed by atoms with van der Waals surface area (Å²) in [4.78, 5) is 11.6. The molecule has 1 aromatic carbocycles. The van der Waals surface area contributed by atoms with Crippen molar-refractivity contribution in [2.24, 2.45) is 5.73 Å². The molecule has 0 fully saturated rings. The average Bonchev–Trinajstić information content (AvgIpc) is 2.42. The monoisotopic (exact) mass is 252 g/mol. The molecule has 1 aromatic rings. The van der Waals surface area contributed by atoms with E-state index in [9.17, 15) is 4.79 Å². The Bertz CT molecular complexity index is 378. The first kappa shape index (κ1) is 14.5. The van der Waals surface area contributed by atoms with Crippen LogP contribution in [0.15, 0.2) is 24.3 Å². The molecule has 0 aliphatic carbocycles. The molecule has 1 amide bonds. The van der Waals surface area contributed by atoms with E-state index < -0.39 is 0 Å². The van der Waals surface area contributed by atoms with Gasteiger partial charge in [-0.3, -0.25) is 4.79 Å². The lowest BCUT2D eigenvalue weighted by Gasteiger charge is -2.15. The molecular weight excluding hydrogens is 232 g/mol. The summed E-state index contributed by atoms with van der Waals surface area (Å²) in [5, 5.41) is 11.6. The van der Waals surface area contributed by atoms with Gasteiger partial charge in [0.2, 0.25) is 0 Å². The first-order chi connectivity index (χ1) is 8.71. The van der Waals surface area contributed by atoms with Crippen LogP contribution in [0.25, 0.3) is 0 Å². The third-order valence-corrected chi connectivity index (χ3v) is 2.63. The SMILES string of the molecule is CC[C@H](CO)NC(=O)COc1ccccc1CN. The number of nitrogens with one attached hydrogen (secondary N) is 1. The van der Waals surface area contributed by atoms with Crippen LogP contribution in [0.4, 0.5) is 0 Å². The number of benzene rings is 1. The second kappa shape index (κ2) is 7.68. The first-order valence-electron chi connectivity index (χ1n) is 6.02. The van der Waals surface area contributed by atoms with Gasteiger partial charge in [0, 0.05) is 12.1 Å². The number of hydrogen-bond donors (Lipinski definition) is 3. The maximum Gasteiger partial charge on any atom is 0.258 e. The molecule has 0 bridgehead atoms. The van der Waals surface area contributed by atoms with E-state index in [1.54, 1.807) is 6.07 Å². The van der Waals surface area contributed by atoms with Gasteiger partial charge in [-0.25, -0.2) is 0 Å². The lowest BCUT2D eigenvalue weighted by Crippen LogP contribution is -2.39. The molecule has 0 spiro atoms. The highest BCUT2D eigenvalue weighted by Gasteiger charge is 2.10. The van der Waals surface area contributed by atoms with E-state index in [-0.39, 0.29) is 25.2 Å². The van der Waals surface area contributed by atoms with Gasteiger partial charge < -0.3 is 20.9 Å². The zero-order chi connectivity index (χ0) is 13.4. The minimum Gasteiger partial charge on any atom is -0.483 e. The highest BCUT2D eigenvalue weighted by Crippen LogP contribution is 2.16. The molecule has 0 aliphatic heterocycles. The molecule has 100 valence electrons. The van der Waals surface area contributed by atoms with Crippen LogP contribution in [-0.2, 0) is 11.3 Å². The number of amides is 1. The summed E-state index contributed by atoms with van der Waals surface area (Å²) in [6.07, 6.45) is 0.682. The highest BCUT2D eigenvalue weighted by molar-refractivity contribution is 5.77. The van der Waals surface area contributed by atoms with Gasteiger partial charge in [-0.05, 0) is 12.5 Å². The van der Waals surface area contributed by atoms with E-state index in [0.29, 0.717) is 18.7 Å². The summed E-state index contributed by atoms with van der Waals surface area (Å²) >= 11 is 0. The Kier molecular flexibility index (Phi) is 6.18. The van der Waals surface area contributed by atoms with E-state index in [1.165, 1.54) is 0 Å². The third-order valence-electron chi connectivity index (χ3n) is 2.63. The minimum atomic E-state index is -0.247. The first-order valence-corrected chi connectivity index (χ1v) is 6.02. The van der Waals surface area contributed by atoms with Crippen molar-refractivity contribution in [3.05, 3.63) is 29.8 Å². The van der Waals surface area contributed by atoms with Gasteiger partial charge in [0.05, 0.1) is 12.6 Å². The van der Waals surface area contributed by atoms with Crippen LogP contribution in [0.1, 0.15) is 18.9 Å². The Morgan fingerprint density at radius 2 is 2.22 bits per heavy atom. The number of rotatable bonds is 7. The van der Waals surface area contributed by atoms with Crippen LogP contribution in [0.2, 0.25) is 0 Å². The number of ether oxygens (including phenoxy) is 1. The number of carbonyl (C=O) groups excluding carboxylic acids is 1. The van der Waals surface area contributed by atoms with Crippen molar-refractivity contribution >= 4 is 5.91 Å². The summed E-state index contributed by atoms with van der Waals surface area (Å²) in [5.41, 5.74) is 6.43. The van der Waals surface area contributed by atoms with Gasteiger partial charge in [0.15, 0.2) is 6.61 Å². The molecule has 0 radical (unpaired) electrons. The zero-order valence-corrected chi connectivity index (χ0v) is 10.6. The molecule has 1 rings (SSSR count). The topological polar surface area (TPSA) is 84.6 Å². The largest absolute Gasteiger partial charge is 0.483 e. The summed E-state index contributed by atoms with van der Waals surface area (Å²) in [6.45, 7) is 2.12. The third kappa shape index (κ3) is 4.35. The number of aliphatic hydroxyl groups excluding tert-OH is 1. The summed E-state index contributed by atoms with van der Waals surface area (Å²) in [5.74, 6) is 0.370. The number of para-hydroxylation sites is 1. The molecule has 1 atom stereocenters. The van der Waals surface area contributed by atoms with E-state index in [1.807, 2.05) is 25.1 Å². The Labute approximate surface area is 107 Å². The second-order valence-corrected chi connectivity index (χ2v) is 3.96. The lowest BCUT2D eigenvalue weighted by atomic mass is 10.2. The second-order valence-electron chi connectivity index (χ2n) is 3.96. The van der Waals surface area contributed by atoms with Crippen molar-refractivity contribution < 1.29 is 14.6 Å². The standard InChI is InChI=1S/C13H20N2O3/c1-2-11(8-16)15-13(17)9-18-12-6-4-3-5-10(12)7-14/h3-6,11,16H,2,7-9,14H2,1H3,(H,15,17)/t11-/m1/s1. The number of hydrogen-bond acceptors (Lipinski definition) is 4. The van der Waals surface area contributed by atoms with Crippen LogP contribution in [0.3, 0.4) is 0 Å². The number of nitrogens with two attached hydrogens (primary N) is 1. The molecule has 0 aliphatic rings. The summed E-state index contributed by atoms with van der Waals surface area (Å²) in [7, 11) is 0. The quantitative estimate of drug-likeness (QED) is 0.656. The minimum absolute atomic E-state index is 0.0678. The van der Waals surface area contributed by atoms with E-state index in [4.69, 9.17) is 15.6 Å². The smallest absolute Gasteiger partial charge is 0.258 e. The predicted octanol–water partition coefficient (Wildman–Crippen LogP) is 0.411. The Hall–Kier alpha value is -1.59. The molecular formula is C13H20N2O3. The Morgan fingerprint density at radius 3 is 2.83 bits per heavy atom. The molecule has 5 heteroatoms. The molecule has 4 N–H and O–H groups in total. The fourth-order valence-electron chi connectivity index (χ4n) is 1.50. The Morgan fingerprint density at radius 1 is 1.50 bits per heavy atom. The van der Waals surface area contributed by atoms with Crippen LogP contribution < -0.4 is 15.8 Å². The van der Waals surface area contributed by atoms with Gasteiger partial charge in [0.25, 0.3) is 5.91 Å². The van der Waals surface area contributed by atoms with Crippen LogP contribution in [0, 0.1) is 0 Å². The molecule has 0 saturated carbocycles. The van der Waals surface area contributed by atoms with Gasteiger partial charge in [-0.15, -0.1) is 0 Å². The van der Waals surface area contributed by atoms with Crippen molar-refractivity contribution in [3.63, 3.8) is 0 Å². The Balaban J connectivity index is 2.47. The average molecular weight is 252 g/mol. The van der Waals surface area contributed by atoms with Crippen molar-refractivity contribution in [1.29, 1.82) is 0 Å². The van der Waals surface area contributed by atoms with Crippen LogP contribution >= 0.6 is 0 Å². The van der Waals surface area contributed by atoms with Crippen molar-refractivity contribution in [2.45, 2.75) is 25.9 Å². The molecule has 5 nitrogen and oxygen atoms in total. The molecule has 0 unspecified atom stereocenters. The molecule has 0 heterocycles. The summed E-state index contributed by atoms with van der Waals surface area (Å²) in [6, 6.07) is 7.11. The predicted molar refractivity (Wildman–Crippen MR) is 69.1 cm³/mol. The molecule has 0 saturated heterocycles. The van der Waals surface area contributed by atoms with E-state index in [0.717, 1.165) is 5.56 Å². The fourth-order valence-corrected chi connectivity index (χ4v) is 1.50. The fraction of sp³-hybridized carbons (Fsp3) is 0.462. The maximum atomic E-state index is 11.6. The molecule has 0 aromatic heterocycles. The lowest BCUT2D eigenvalue weighted by molar-refractivity contribution is -0.124. The molecule has 18 heavy (non-hydrogen) atoms. The van der Waals surface area contributed by atoms with Crippen LogP contribution in [0.5, 0.6) is 5.75 Å². The maximum absolute atomic E-state index is 11.6. The highest BCUT2D eigenvalue weighted by atomic mass is 16.5. The summed E-state index contributed by atoms with van der Waals surface area (Å²) < 4.78 is 5.41. The normalized spacial score (nSPS) is 11.9. The number of carbonyl (C=O) groups is 1. The van der Waals surface area contributed by atoms with Crippen molar-refractivity contribution in [2.75, 3.05) is 13.2 Å². The van der Waals surface area contributed by atoms with Gasteiger partial charge >= 0.3 is 0 Å². The number of aliphatic hydroxyl groups is 1. The van der Waals surface area contributed by atoms with Crippen molar-refractivity contribution in [1.82, 2.24) is 5.32 Å². The van der Waals surface area contributed by atoms with Crippen LogP contribution in [-0.4, -0.2) is 30.3 Å². The van der Waals surface area contributed by atoms with E-state index in [2.05, 4.69) is 5.32 Å². The van der Waals surface area contributed by atoms with E-state index >= 15 is 0 Å². The zero-order valence-electron chi connectivity index (χ0n) is 10.6. The van der Waals surface area contributed by atoms with Gasteiger partial charge in [0.1, 0.15) is 5.75 Å². The van der Waals surface area contributed by atoms with Gasteiger partial charge in [-0.1, -0.05) is 25.1 Å². The van der Waals surface area contributed by atoms with Crippen molar-refractivity contribution in [3.8, 4) is 5.75 Å².